The predicted octanol–water partition coefficient (Wildman–Crippen LogP) is 7.73. The van der Waals surface area contributed by atoms with Gasteiger partial charge in [0.1, 0.15) is 5.60 Å². The van der Waals surface area contributed by atoms with Crippen molar-refractivity contribution >= 4 is 6.09 Å². The van der Waals surface area contributed by atoms with Crippen molar-refractivity contribution in [2.45, 2.75) is 116 Å². The molecule has 2 aromatic carbocycles. The van der Waals surface area contributed by atoms with E-state index < -0.39 is 5.60 Å². The topological polar surface area (TPSA) is 36.0 Å². The first-order valence-corrected chi connectivity index (χ1v) is 16.7. The van der Waals surface area contributed by atoms with Crippen LogP contribution in [0, 0.1) is 5.41 Å². The molecule has 1 amide bonds. The molecule has 5 heteroatoms. The molecule has 1 saturated carbocycles. The van der Waals surface area contributed by atoms with E-state index in [0.29, 0.717) is 23.4 Å². The Morgan fingerprint density at radius 2 is 1.67 bits per heavy atom. The van der Waals surface area contributed by atoms with Gasteiger partial charge in [0, 0.05) is 51.4 Å². The molecule has 2 aromatic rings. The zero-order valence-electron chi connectivity index (χ0n) is 26.8. The van der Waals surface area contributed by atoms with Crippen LogP contribution in [0.4, 0.5) is 4.79 Å². The predicted molar refractivity (Wildman–Crippen MR) is 171 cm³/mol. The number of piperazine rings is 1. The van der Waals surface area contributed by atoms with Gasteiger partial charge in [-0.05, 0) is 111 Å². The average Bonchev–Trinajstić information content (AvgIpc) is 2.95. The van der Waals surface area contributed by atoms with Gasteiger partial charge in [0.2, 0.25) is 0 Å². The van der Waals surface area contributed by atoms with Crippen LogP contribution in [0.25, 0.3) is 0 Å². The van der Waals surface area contributed by atoms with Crippen molar-refractivity contribution in [1.82, 2.24) is 14.7 Å². The average molecular weight is 572 g/mol. The van der Waals surface area contributed by atoms with Crippen LogP contribution in [0.3, 0.4) is 0 Å². The van der Waals surface area contributed by atoms with E-state index in [4.69, 9.17) is 4.74 Å². The van der Waals surface area contributed by atoms with Gasteiger partial charge < -0.3 is 9.64 Å². The van der Waals surface area contributed by atoms with Crippen LogP contribution < -0.4 is 0 Å². The number of hydrogen-bond donors (Lipinski definition) is 0. The third-order valence-electron chi connectivity index (χ3n) is 10.6. The van der Waals surface area contributed by atoms with Crippen molar-refractivity contribution in [2.24, 2.45) is 5.41 Å². The fourth-order valence-corrected chi connectivity index (χ4v) is 8.27. The number of rotatable bonds is 5. The summed E-state index contributed by atoms with van der Waals surface area (Å²) in [6.45, 7) is 16.6. The molecule has 2 saturated heterocycles. The third-order valence-corrected chi connectivity index (χ3v) is 10.6. The number of fused-ring (bicyclic) bond motifs is 1. The Balaban J connectivity index is 1.14. The van der Waals surface area contributed by atoms with Crippen LogP contribution in [0.15, 0.2) is 42.5 Å². The fraction of sp³-hybridized carbons (Fsp3) is 0.649. The van der Waals surface area contributed by atoms with Crippen LogP contribution in [0.5, 0.6) is 0 Å². The molecule has 1 spiro atoms. The number of nitrogens with zero attached hydrogens (tertiary/aromatic N) is 3. The number of benzene rings is 2. The molecule has 6 rings (SSSR count). The molecule has 42 heavy (non-hydrogen) atoms. The van der Waals surface area contributed by atoms with E-state index in [1.807, 2.05) is 25.7 Å². The van der Waals surface area contributed by atoms with Gasteiger partial charge in [-0.3, -0.25) is 9.80 Å². The van der Waals surface area contributed by atoms with Gasteiger partial charge in [0.25, 0.3) is 0 Å². The van der Waals surface area contributed by atoms with Crippen molar-refractivity contribution in [2.75, 3.05) is 32.7 Å². The van der Waals surface area contributed by atoms with Crippen molar-refractivity contribution in [3.8, 4) is 0 Å². The molecular weight excluding hydrogens is 518 g/mol. The van der Waals surface area contributed by atoms with Gasteiger partial charge >= 0.3 is 6.09 Å². The fourth-order valence-electron chi connectivity index (χ4n) is 8.27. The van der Waals surface area contributed by atoms with Crippen LogP contribution in [-0.4, -0.2) is 65.2 Å². The smallest absolute Gasteiger partial charge is 0.410 e. The highest BCUT2D eigenvalue weighted by molar-refractivity contribution is 5.68. The molecule has 2 aliphatic carbocycles. The first kappa shape index (κ1) is 29.7. The highest BCUT2D eigenvalue weighted by Crippen LogP contribution is 2.53. The SMILES string of the molecule is CC(C)c1ccccc1C1CN(Cc2ccc3c(c2)CCCC3)CCN1C1CC2(CCN(C(=O)OC(C)(C)C)CC2)C1. The number of piperidine rings is 1. The Kier molecular flexibility index (Phi) is 8.45. The van der Waals surface area contributed by atoms with Crippen LogP contribution in [-0.2, 0) is 24.1 Å². The second-order valence-corrected chi connectivity index (χ2v) is 15.1. The molecule has 1 unspecified atom stereocenters. The van der Waals surface area contributed by atoms with Gasteiger partial charge in [-0.15, -0.1) is 0 Å². The second-order valence-electron chi connectivity index (χ2n) is 15.1. The lowest BCUT2D eigenvalue weighted by Gasteiger charge is -2.58. The van der Waals surface area contributed by atoms with Crippen molar-refractivity contribution in [3.63, 3.8) is 0 Å². The first-order chi connectivity index (χ1) is 20.1. The standard InChI is InChI=1S/C37H53N3O2/c1-27(2)32-12-8-9-13-33(32)34-26-38(25-28-14-15-29-10-6-7-11-30(29)22-28)20-21-40(34)31-23-37(24-31)16-18-39(19-17-37)35(41)42-36(3,4)5/h8-9,12-15,22,27,31,34H,6-7,10-11,16-21,23-26H2,1-5H3. The summed E-state index contributed by atoms with van der Waals surface area (Å²) in [5.74, 6) is 0.518. The van der Waals surface area contributed by atoms with Crippen LogP contribution in [0.2, 0.25) is 0 Å². The highest BCUT2D eigenvalue weighted by Gasteiger charge is 2.50. The van der Waals surface area contributed by atoms with Crippen LogP contribution in [0.1, 0.15) is 113 Å². The summed E-state index contributed by atoms with van der Waals surface area (Å²) in [6.07, 6.45) is 9.78. The molecule has 1 atom stereocenters. The summed E-state index contributed by atoms with van der Waals surface area (Å²) in [6, 6.07) is 17.6. The van der Waals surface area contributed by atoms with Crippen molar-refractivity contribution in [3.05, 3.63) is 70.3 Å². The molecule has 5 nitrogen and oxygen atoms in total. The van der Waals surface area contributed by atoms with Gasteiger partial charge in [-0.25, -0.2) is 4.79 Å². The molecule has 0 N–H and O–H groups in total. The molecule has 228 valence electrons. The van der Waals surface area contributed by atoms with E-state index in [2.05, 4.69) is 66.1 Å². The number of aryl methyl sites for hydroxylation is 2. The van der Waals surface area contributed by atoms with E-state index in [1.165, 1.54) is 55.2 Å². The Morgan fingerprint density at radius 3 is 2.38 bits per heavy atom. The molecule has 2 heterocycles. The first-order valence-electron chi connectivity index (χ1n) is 16.7. The monoisotopic (exact) mass is 571 g/mol. The van der Waals surface area contributed by atoms with Crippen LogP contribution >= 0.6 is 0 Å². The zero-order chi connectivity index (χ0) is 29.5. The van der Waals surface area contributed by atoms with Crippen molar-refractivity contribution in [1.29, 1.82) is 0 Å². The lowest BCUT2D eigenvalue weighted by atomic mass is 9.59. The number of hydrogen-bond acceptors (Lipinski definition) is 4. The molecule has 0 bridgehead atoms. The largest absolute Gasteiger partial charge is 0.444 e. The Morgan fingerprint density at radius 1 is 0.952 bits per heavy atom. The maximum atomic E-state index is 12.7. The Labute approximate surface area is 254 Å². The molecule has 0 radical (unpaired) electrons. The maximum absolute atomic E-state index is 12.7. The lowest BCUT2D eigenvalue weighted by Crippen LogP contribution is -2.60. The zero-order valence-corrected chi connectivity index (χ0v) is 26.8. The molecule has 2 aliphatic heterocycles. The minimum Gasteiger partial charge on any atom is -0.444 e. The molecule has 0 aromatic heterocycles. The van der Waals surface area contributed by atoms with E-state index in [-0.39, 0.29) is 6.09 Å². The number of amides is 1. The number of likely N-dealkylation sites (tertiary alicyclic amines) is 1. The highest BCUT2D eigenvalue weighted by atomic mass is 16.6. The lowest BCUT2D eigenvalue weighted by molar-refractivity contribution is -0.0782. The van der Waals surface area contributed by atoms with E-state index in [0.717, 1.165) is 52.1 Å². The van der Waals surface area contributed by atoms with E-state index in [1.54, 1.807) is 11.1 Å². The summed E-state index contributed by atoms with van der Waals surface area (Å²) in [5, 5.41) is 0. The number of ether oxygens (including phenoxy) is 1. The van der Waals surface area contributed by atoms with Gasteiger partial charge in [0.05, 0.1) is 0 Å². The molecule has 3 fully saturated rings. The van der Waals surface area contributed by atoms with E-state index >= 15 is 0 Å². The Bertz CT molecular complexity index is 1250. The Hall–Kier alpha value is -2.37. The number of carbonyl (C=O) groups is 1. The molecule has 4 aliphatic rings. The van der Waals surface area contributed by atoms with Gasteiger partial charge in [-0.1, -0.05) is 56.3 Å². The quantitative estimate of drug-likeness (QED) is 0.368. The second kappa shape index (κ2) is 12.0. The summed E-state index contributed by atoms with van der Waals surface area (Å²) in [5.41, 5.74) is 7.65. The summed E-state index contributed by atoms with van der Waals surface area (Å²) >= 11 is 0. The summed E-state index contributed by atoms with van der Waals surface area (Å²) in [4.78, 5) is 20.2. The van der Waals surface area contributed by atoms with E-state index in [9.17, 15) is 4.79 Å². The minimum atomic E-state index is -0.433. The van der Waals surface area contributed by atoms with Gasteiger partial charge in [-0.2, -0.15) is 0 Å². The number of carbonyl (C=O) groups excluding carboxylic acids is 1. The maximum Gasteiger partial charge on any atom is 0.410 e. The minimum absolute atomic E-state index is 0.145. The van der Waals surface area contributed by atoms with Crippen molar-refractivity contribution < 1.29 is 9.53 Å². The third kappa shape index (κ3) is 6.43. The summed E-state index contributed by atoms with van der Waals surface area (Å²) in [7, 11) is 0. The molecular formula is C37H53N3O2. The van der Waals surface area contributed by atoms with Gasteiger partial charge in [0.15, 0.2) is 0 Å². The summed E-state index contributed by atoms with van der Waals surface area (Å²) < 4.78 is 5.66. The normalized spacial score (nSPS) is 23.6.